The van der Waals surface area contributed by atoms with Gasteiger partial charge in [0.05, 0.1) is 18.3 Å². The Bertz CT molecular complexity index is 387. The molecule has 1 aliphatic rings. The van der Waals surface area contributed by atoms with Gasteiger partial charge in [0.2, 0.25) is 5.91 Å². The largest absolute Gasteiger partial charge is 0.348 e. The number of nitrogens with zero attached hydrogens (tertiary/aromatic N) is 1. The molecule has 1 aromatic rings. The van der Waals surface area contributed by atoms with E-state index in [0.29, 0.717) is 12.5 Å². The van der Waals surface area contributed by atoms with E-state index in [1.165, 1.54) is 18.5 Å². The molecule has 5 heteroatoms. The number of thiazole rings is 1. The molecule has 1 amide bonds. The van der Waals surface area contributed by atoms with E-state index in [2.05, 4.69) is 15.7 Å². The minimum atomic E-state index is -0.386. The highest BCUT2D eigenvalue weighted by Crippen LogP contribution is 2.40. The Morgan fingerprint density at radius 2 is 2.47 bits per heavy atom. The lowest BCUT2D eigenvalue weighted by atomic mass is 10.2. The third kappa shape index (κ3) is 3.51. The van der Waals surface area contributed by atoms with Crippen molar-refractivity contribution in [1.82, 2.24) is 10.3 Å². The van der Waals surface area contributed by atoms with Gasteiger partial charge in [-0.1, -0.05) is 13.3 Å². The Labute approximate surface area is 106 Å². The van der Waals surface area contributed by atoms with E-state index in [9.17, 15) is 4.79 Å². The van der Waals surface area contributed by atoms with Gasteiger partial charge in [0.1, 0.15) is 5.01 Å². The molecule has 3 N–H and O–H groups in total. The molecule has 0 spiro atoms. The lowest BCUT2D eigenvalue weighted by Crippen LogP contribution is -2.40. The van der Waals surface area contributed by atoms with E-state index in [0.717, 1.165) is 17.8 Å². The van der Waals surface area contributed by atoms with E-state index in [4.69, 9.17) is 5.73 Å². The zero-order valence-electron chi connectivity index (χ0n) is 10.1. The van der Waals surface area contributed by atoms with Gasteiger partial charge in [0.25, 0.3) is 0 Å². The maximum absolute atomic E-state index is 11.6. The molecule has 1 heterocycles. The first-order chi connectivity index (χ1) is 8.20. The van der Waals surface area contributed by atoms with Gasteiger partial charge in [-0.3, -0.25) is 4.79 Å². The summed E-state index contributed by atoms with van der Waals surface area (Å²) in [6.45, 7) is 2.53. The second-order valence-electron chi connectivity index (χ2n) is 4.55. The number of carbonyl (C=O) groups is 1. The van der Waals surface area contributed by atoms with E-state index >= 15 is 0 Å². The second-order valence-corrected chi connectivity index (χ2v) is 5.50. The molecular weight excluding hydrogens is 234 g/mol. The van der Waals surface area contributed by atoms with Crippen LogP contribution >= 0.6 is 11.3 Å². The molecule has 1 saturated carbocycles. The molecule has 0 bridgehead atoms. The summed E-state index contributed by atoms with van der Waals surface area (Å²) < 4.78 is 0. The zero-order valence-corrected chi connectivity index (χ0v) is 10.9. The van der Waals surface area contributed by atoms with Gasteiger partial charge >= 0.3 is 0 Å². The van der Waals surface area contributed by atoms with Crippen LogP contribution in [0.2, 0.25) is 0 Å². The summed E-state index contributed by atoms with van der Waals surface area (Å²) in [6.07, 6.45) is 4.18. The van der Waals surface area contributed by atoms with Gasteiger partial charge in [-0.2, -0.15) is 0 Å². The number of rotatable bonds is 6. The van der Waals surface area contributed by atoms with Crippen LogP contribution in [-0.4, -0.2) is 16.9 Å². The quantitative estimate of drug-likeness (QED) is 0.811. The Morgan fingerprint density at radius 1 is 1.71 bits per heavy atom. The van der Waals surface area contributed by atoms with E-state index in [1.54, 1.807) is 11.3 Å². The van der Waals surface area contributed by atoms with Crippen LogP contribution in [0.15, 0.2) is 5.38 Å². The summed E-state index contributed by atoms with van der Waals surface area (Å²) in [5.74, 6) is 0.605. The standard InChI is InChI=1S/C12H19N3OS/c1-2-3-9(13)12(16)14-6-11-15-10(7-17-11)8-4-5-8/h7-9H,2-6,13H2,1H3,(H,14,16). The van der Waals surface area contributed by atoms with Gasteiger partial charge in [-0.05, 0) is 19.3 Å². The van der Waals surface area contributed by atoms with Crippen molar-refractivity contribution >= 4 is 17.2 Å². The Kier molecular flexibility index (Phi) is 4.12. The number of hydrogen-bond acceptors (Lipinski definition) is 4. The molecule has 1 unspecified atom stereocenters. The first kappa shape index (κ1) is 12.5. The fourth-order valence-corrected chi connectivity index (χ4v) is 2.52. The molecule has 0 saturated heterocycles. The third-order valence-corrected chi connectivity index (χ3v) is 3.78. The van der Waals surface area contributed by atoms with E-state index < -0.39 is 0 Å². The van der Waals surface area contributed by atoms with Crippen molar-refractivity contribution in [3.8, 4) is 0 Å². The number of amides is 1. The van der Waals surface area contributed by atoms with E-state index in [1.807, 2.05) is 6.92 Å². The Morgan fingerprint density at radius 3 is 3.12 bits per heavy atom. The van der Waals surface area contributed by atoms with Gasteiger partial charge < -0.3 is 11.1 Å². The number of nitrogens with two attached hydrogens (primary N) is 1. The molecule has 2 rings (SSSR count). The lowest BCUT2D eigenvalue weighted by molar-refractivity contribution is -0.122. The number of hydrogen-bond donors (Lipinski definition) is 2. The summed E-state index contributed by atoms with van der Waals surface area (Å²) in [5, 5.41) is 5.92. The van der Waals surface area contributed by atoms with Gasteiger partial charge in [-0.15, -0.1) is 11.3 Å². The van der Waals surface area contributed by atoms with Crippen LogP contribution in [0.1, 0.15) is 49.2 Å². The van der Waals surface area contributed by atoms with Crippen LogP contribution in [0.3, 0.4) is 0 Å². The third-order valence-electron chi connectivity index (χ3n) is 2.92. The fraction of sp³-hybridized carbons (Fsp3) is 0.667. The molecule has 94 valence electrons. The lowest BCUT2D eigenvalue weighted by Gasteiger charge is -2.09. The molecule has 0 aromatic carbocycles. The minimum Gasteiger partial charge on any atom is -0.348 e. The van der Waals surface area contributed by atoms with Crippen molar-refractivity contribution in [2.45, 2.75) is 51.1 Å². The SMILES string of the molecule is CCCC(N)C(=O)NCc1nc(C2CC2)cs1. The topological polar surface area (TPSA) is 68.0 Å². The predicted octanol–water partition coefficient (Wildman–Crippen LogP) is 1.76. The molecular formula is C12H19N3OS. The van der Waals surface area contributed by atoms with Gasteiger partial charge in [-0.25, -0.2) is 4.98 Å². The molecule has 1 aromatic heterocycles. The molecule has 0 aliphatic heterocycles. The summed E-state index contributed by atoms with van der Waals surface area (Å²) in [7, 11) is 0. The summed E-state index contributed by atoms with van der Waals surface area (Å²) in [6, 6.07) is -0.386. The van der Waals surface area contributed by atoms with Crippen LogP contribution in [0.25, 0.3) is 0 Å². The van der Waals surface area contributed by atoms with Crippen molar-refractivity contribution in [2.75, 3.05) is 0 Å². The van der Waals surface area contributed by atoms with Gasteiger partial charge in [0, 0.05) is 11.3 Å². The maximum Gasteiger partial charge on any atom is 0.237 e. The van der Waals surface area contributed by atoms with Crippen molar-refractivity contribution in [3.05, 3.63) is 16.1 Å². The predicted molar refractivity (Wildman–Crippen MR) is 68.8 cm³/mol. The highest BCUT2D eigenvalue weighted by atomic mass is 32.1. The fourth-order valence-electron chi connectivity index (χ4n) is 1.71. The maximum atomic E-state index is 11.6. The van der Waals surface area contributed by atoms with Crippen molar-refractivity contribution in [1.29, 1.82) is 0 Å². The van der Waals surface area contributed by atoms with E-state index in [-0.39, 0.29) is 11.9 Å². The average molecular weight is 253 g/mol. The summed E-state index contributed by atoms with van der Waals surface area (Å²) in [4.78, 5) is 16.1. The van der Waals surface area contributed by atoms with Crippen molar-refractivity contribution in [2.24, 2.45) is 5.73 Å². The molecule has 1 aliphatic carbocycles. The Hall–Kier alpha value is -0.940. The smallest absolute Gasteiger partial charge is 0.237 e. The molecule has 0 radical (unpaired) electrons. The number of aromatic nitrogens is 1. The molecule has 4 nitrogen and oxygen atoms in total. The molecule has 17 heavy (non-hydrogen) atoms. The Balaban J connectivity index is 1.78. The summed E-state index contributed by atoms with van der Waals surface area (Å²) in [5.41, 5.74) is 6.92. The first-order valence-electron chi connectivity index (χ1n) is 6.18. The first-order valence-corrected chi connectivity index (χ1v) is 7.06. The van der Waals surface area contributed by atoms with Crippen molar-refractivity contribution in [3.63, 3.8) is 0 Å². The second kappa shape index (κ2) is 5.60. The van der Waals surface area contributed by atoms with Crippen molar-refractivity contribution < 1.29 is 4.79 Å². The van der Waals surface area contributed by atoms with Crippen LogP contribution in [0.4, 0.5) is 0 Å². The average Bonchev–Trinajstić information content (AvgIpc) is 3.06. The molecule has 1 fully saturated rings. The van der Waals surface area contributed by atoms with Crippen LogP contribution in [0.5, 0.6) is 0 Å². The normalized spacial score (nSPS) is 16.8. The van der Waals surface area contributed by atoms with Crippen LogP contribution < -0.4 is 11.1 Å². The van der Waals surface area contributed by atoms with Crippen LogP contribution in [-0.2, 0) is 11.3 Å². The highest BCUT2D eigenvalue weighted by Gasteiger charge is 2.26. The van der Waals surface area contributed by atoms with Gasteiger partial charge in [0.15, 0.2) is 0 Å². The zero-order chi connectivity index (χ0) is 12.3. The minimum absolute atomic E-state index is 0.0741. The summed E-state index contributed by atoms with van der Waals surface area (Å²) >= 11 is 1.62. The number of carbonyl (C=O) groups excluding carboxylic acids is 1. The highest BCUT2D eigenvalue weighted by molar-refractivity contribution is 7.09. The monoisotopic (exact) mass is 253 g/mol. The molecule has 1 atom stereocenters. The van der Waals surface area contributed by atoms with Crippen LogP contribution in [0, 0.1) is 0 Å². The number of nitrogens with one attached hydrogen (secondary N) is 1.